The molecular formula is C30H30F7N3O3. The third kappa shape index (κ3) is 6.62. The number of amides is 1. The first kappa shape index (κ1) is 32.2. The lowest BCUT2D eigenvalue weighted by Gasteiger charge is -2.36. The number of morpholine rings is 1. The first-order valence-electron chi connectivity index (χ1n) is 13.2. The Hall–Kier alpha value is -3.71. The van der Waals surface area contributed by atoms with Crippen LogP contribution in [0.5, 0.6) is 0 Å². The Morgan fingerprint density at radius 1 is 1.00 bits per heavy atom. The Bertz CT molecular complexity index is 1470. The molecule has 0 aliphatic carbocycles. The minimum atomic E-state index is -5.08. The van der Waals surface area contributed by atoms with Crippen LogP contribution in [0.15, 0.2) is 48.7 Å². The number of ether oxygens (including phenoxy) is 1. The predicted octanol–water partition coefficient (Wildman–Crippen LogP) is 6.37. The lowest BCUT2D eigenvalue weighted by molar-refractivity contribution is -0.143. The molecule has 0 spiro atoms. The fourth-order valence-corrected chi connectivity index (χ4v) is 5.08. The number of likely N-dealkylation sites (N-methyl/N-ethyl adjacent to an activating group) is 1. The van der Waals surface area contributed by atoms with Crippen LogP contribution in [0.2, 0.25) is 0 Å². The van der Waals surface area contributed by atoms with Crippen molar-refractivity contribution in [3.8, 4) is 11.1 Å². The number of aromatic nitrogens is 1. The summed E-state index contributed by atoms with van der Waals surface area (Å²) >= 11 is 0. The molecule has 0 bridgehead atoms. The summed E-state index contributed by atoms with van der Waals surface area (Å²) in [7, 11) is 1.34. The van der Waals surface area contributed by atoms with Crippen molar-refractivity contribution in [3.05, 3.63) is 76.7 Å². The number of hydrogen-bond acceptors (Lipinski definition) is 5. The lowest BCUT2D eigenvalue weighted by Crippen LogP contribution is -2.48. The Morgan fingerprint density at radius 2 is 1.60 bits per heavy atom. The summed E-state index contributed by atoms with van der Waals surface area (Å²) in [6.07, 6.45) is -8.81. The summed E-state index contributed by atoms with van der Waals surface area (Å²) in [5.41, 5.74) is -3.76. The summed E-state index contributed by atoms with van der Waals surface area (Å²) < 4.78 is 101. The normalized spacial score (nSPS) is 16.4. The van der Waals surface area contributed by atoms with E-state index in [1.54, 1.807) is 13.0 Å². The number of alkyl halides is 6. The third-order valence-corrected chi connectivity index (χ3v) is 7.59. The summed E-state index contributed by atoms with van der Waals surface area (Å²) in [5.74, 6) is -0.881. The van der Waals surface area contributed by atoms with Gasteiger partial charge in [-0.05, 0) is 73.9 Å². The smallest absolute Gasteiger partial charge is 0.394 e. The average Bonchev–Trinajstić information content (AvgIpc) is 2.95. The van der Waals surface area contributed by atoms with Crippen molar-refractivity contribution in [1.82, 2.24) is 4.98 Å². The van der Waals surface area contributed by atoms with Gasteiger partial charge in [0, 0.05) is 19.2 Å². The number of aliphatic hydroxyl groups excluding tert-OH is 1. The lowest BCUT2D eigenvalue weighted by atomic mass is 9.81. The molecule has 1 fully saturated rings. The fourth-order valence-electron chi connectivity index (χ4n) is 5.08. The number of anilines is 2. The first-order chi connectivity index (χ1) is 19.9. The van der Waals surface area contributed by atoms with E-state index in [0.29, 0.717) is 47.8 Å². The maximum atomic E-state index is 14.0. The van der Waals surface area contributed by atoms with Gasteiger partial charge < -0.3 is 19.6 Å². The molecule has 1 aliphatic rings. The van der Waals surface area contributed by atoms with E-state index < -0.39 is 52.2 Å². The number of hydrogen-bond donors (Lipinski definition) is 1. The molecule has 13 heteroatoms. The van der Waals surface area contributed by atoms with Gasteiger partial charge in [0.2, 0.25) is 5.91 Å². The van der Waals surface area contributed by atoms with E-state index in [-0.39, 0.29) is 25.0 Å². The average molecular weight is 614 g/mol. The third-order valence-electron chi connectivity index (χ3n) is 7.59. The summed E-state index contributed by atoms with van der Waals surface area (Å²) in [4.78, 5) is 21.3. The van der Waals surface area contributed by atoms with Crippen molar-refractivity contribution >= 4 is 17.4 Å². The SMILES string of the molecule is Cc1cc(F)ccc1-c1cc(N2CCOCC2CO)ncc1N(C)C(=O)C(C)(C)c1cc(C(F)(F)F)cc(C(F)(F)F)c1. The highest BCUT2D eigenvalue weighted by molar-refractivity contribution is 6.03. The fraction of sp³-hybridized carbons (Fsp3) is 0.400. The zero-order valence-electron chi connectivity index (χ0n) is 23.8. The number of halogens is 7. The molecule has 1 aromatic heterocycles. The van der Waals surface area contributed by atoms with Gasteiger partial charge in [0.1, 0.15) is 11.6 Å². The highest BCUT2D eigenvalue weighted by Gasteiger charge is 2.41. The number of nitrogens with zero attached hydrogens (tertiary/aromatic N) is 3. The Kier molecular flexibility index (Phi) is 8.81. The van der Waals surface area contributed by atoms with Crippen LogP contribution in [0.1, 0.15) is 36.1 Å². The van der Waals surface area contributed by atoms with Gasteiger partial charge in [0.15, 0.2) is 0 Å². The molecule has 1 N–H and O–H groups in total. The highest BCUT2D eigenvalue weighted by Crippen LogP contribution is 2.41. The topological polar surface area (TPSA) is 65.9 Å². The van der Waals surface area contributed by atoms with E-state index in [1.165, 1.54) is 45.3 Å². The number of rotatable bonds is 6. The summed E-state index contributed by atoms with van der Waals surface area (Å²) in [6.45, 7) is 4.93. The Labute approximate surface area is 243 Å². The Morgan fingerprint density at radius 3 is 2.16 bits per heavy atom. The van der Waals surface area contributed by atoms with Crippen LogP contribution in [0.25, 0.3) is 11.1 Å². The van der Waals surface area contributed by atoms with Gasteiger partial charge in [-0.25, -0.2) is 9.37 Å². The number of benzene rings is 2. The standard InChI is InChI=1S/C30H30F7N3O3/c1-17-9-21(31)5-6-23(17)24-13-26(40-7-8-43-16-22(40)15-41)38-14-25(24)39(4)27(42)28(2,3)18-10-19(29(32,33)34)12-20(11-18)30(35,36)37/h5-6,9-14,22,41H,7-8,15-16H2,1-4H3. The van der Waals surface area contributed by atoms with Crippen molar-refractivity contribution in [2.24, 2.45) is 0 Å². The van der Waals surface area contributed by atoms with Crippen LogP contribution >= 0.6 is 0 Å². The maximum absolute atomic E-state index is 14.0. The largest absolute Gasteiger partial charge is 0.416 e. The zero-order chi connectivity index (χ0) is 31.9. The number of aryl methyl sites for hydroxylation is 1. The molecule has 6 nitrogen and oxygen atoms in total. The quantitative estimate of drug-likeness (QED) is 0.328. The van der Waals surface area contributed by atoms with Crippen LogP contribution in [-0.2, 0) is 27.3 Å². The first-order valence-corrected chi connectivity index (χ1v) is 13.2. The molecular weight excluding hydrogens is 583 g/mol. The van der Waals surface area contributed by atoms with E-state index in [4.69, 9.17) is 4.74 Å². The monoisotopic (exact) mass is 613 g/mol. The minimum absolute atomic E-state index is 0.0110. The molecule has 1 aliphatic heterocycles. The summed E-state index contributed by atoms with van der Waals surface area (Å²) in [6, 6.07) is 6.35. The molecule has 4 rings (SSSR count). The van der Waals surface area contributed by atoms with E-state index >= 15 is 0 Å². The number of pyridine rings is 1. The van der Waals surface area contributed by atoms with Gasteiger partial charge in [-0.1, -0.05) is 6.07 Å². The van der Waals surface area contributed by atoms with Crippen molar-refractivity contribution in [1.29, 1.82) is 0 Å². The van der Waals surface area contributed by atoms with Crippen LogP contribution in [-0.4, -0.2) is 55.5 Å². The molecule has 2 heterocycles. The van der Waals surface area contributed by atoms with Gasteiger partial charge in [-0.3, -0.25) is 4.79 Å². The molecule has 1 atom stereocenters. The molecule has 0 saturated carbocycles. The molecule has 43 heavy (non-hydrogen) atoms. The van der Waals surface area contributed by atoms with Gasteiger partial charge in [0.05, 0.1) is 54.3 Å². The van der Waals surface area contributed by atoms with Gasteiger partial charge in [-0.15, -0.1) is 0 Å². The van der Waals surface area contributed by atoms with E-state index in [9.17, 15) is 40.6 Å². The van der Waals surface area contributed by atoms with E-state index in [1.807, 2.05) is 4.90 Å². The Balaban J connectivity index is 1.83. The molecule has 0 radical (unpaired) electrons. The maximum Gasteiger partial charge on any atom is 0.416 e. The second-order valence-corrected chi connectivity index (χ2v) is 10.9. The molecule has 232 valence electrons. The molecule has 1 unspecified atom stereocenters. The number of aliphatic hydroxyl groups is 1. The van der Waals surface area contributed by atoms with Crippen LogP contribution < -0.4 is 9.80 Å². The molecule has 2 aromatic carbocycles. The van der Waals surface area contributed by atoms with Gasteiger partial charge in [0.25, 0.3) is 0 Å². The second-order valence-electron chi connectivity index (χ2n) is 10.9. The van der Waals surface area contributed by atoms with Crippen LogP contribution in [0.4, 0.5) is 42.2 Å². The highest BCUT2D eigenvalue weighted by atomic mass is 19.4. The molecule has 1 saturated heterocycles. The zero-order valence-corrected chi connectivity index (χ0v) is 23.8. The second kappa shape index (κ2) is 11.8. The van der Waals surface area contributed by atoms with Crippen LogP contribution in [0.3, 0.4) is 0 Å². The van der Waals surface area contributed by atoms with Crippen LogP contribution in [0, 0.1) is 12.7 Å². The van der Waals surface area contributed by atoms with Gasteiger partial charge >= 0.3 is 12.4 Å². The molecule has 3 aromatic rings. The predicted molar refractivity (Wildman–Crippen MR) is 146 cm³/mol. The van der Waals surface area contributed by atoms with E-state index in [0.717, 1.165) is 4.90 Å². The van der Waals surface area contributed by atoms with Gasteiger partial charge in [-0.2, -0.15) is 26.3 Å². The van der Waals surface area contributed by atoms with Crippen molar-refractivity contribution in [2.45, 2.75) is 44.6 Å². The summed E-state index contributed by atoms with van der Waals surface area (Å²) in [5, 5.41) is 9.85. The minimum Gasteiger partial charge on any atom is -0.394 e. The number of carbonyl (C=O) groups excluding carboxylic acids is 1. The van der Waals surface area contributed by atoms with Crippen molar-refractivity contribution in [3.63, 3.8) is 0 Å². The molecule has 1 amide bonds. The van der Waals surface area contributed by atoms with E-state index in [2.05, 4.69) is 4.98 Å². The van der Waals surface area contributed by atoms with Crippen molar-refractivity contribution in [2.75, 3.05) is 43.2 Å². The number of carbonyl (C=O) groups is 1. The van der Waals surface area contributed by atoms with Crippen molar-refractivity contribution < 1.29 is 45.4 Å².